The number of hydrogen-bond acceptors (Lipinski definition) is 4. The molecule has 0 amide bonds. The summed E-state index contributed by atoms with van der Waals surface area (Å²) in [5, 5.41) is 0. The molecule has 0 bridgehead atoms. The van der Waals surface area contributed by atoms with Crippen molar-refractivity contribution in [2.24, 2.45) is 0 Å². The zero-order chi connectivity index (χ0) is 16.9. The fraction of sp³-hybridized carbons (Fsp3) is 0.294. The van der Waals surface area contributed by atoms with E-state index in [2.05, 4.69) is 0 Å². The van der Waals surface area contributed by atoms with Crippen LogP contribution in [0.15, 0.2) is 58.3 Å². The molecule has 6 heteroatoms. The SMILES string of the molecule is CCOc1ccc(CN(C)S(=O)(=O)c2ccc(SC)cc2)cc1. The highest BCUT2D eigenvalue weighted by Crippen LogP contribution is 2.21. The third kappa shape index (κ3) is 4.50. The molecule has 124 valence electrons. The molecule has 0 aliphatic rings. The normalized spacial score (nSPS) is 11.7. The molecule has 2 aromatic rings. The van der Waals surface area contributed by atoms with Gasteiger partial charge in [0.15, 0.2) is 0 Å². The highest BCUT2D eigenvalue weighted by Gasteiger charge is 2.20. The van der Waals surface area contributed by atoms with Crippen LogP contribution in [0.25, 0.3) is 0 Å². The van der Waals surface area contributed by atoms with E-state index >= 15 is 0 Å². The summed E-state index contributed by atoms with van der Waals surface area (Å²) in [5.41, 5.74) is 0.917. The summed E-state index contributed by atoms with van der Waals surface area (Å²) in [5.74, 6) is 0.786. The van der Waals surface area contributed by atoms with E-state index in [-0.39, 0.29) is 0 Å². The summed E-state index contributed by atoms with van der Waals surface area (Å²) >= 11 is 1.58. The Balaban J connectivity index is 2.12. The van der Waals surface area contributed by atoms with Gasteiger partial charge in [-0.25, -0.2) is 8.42 Å². The molecule has 0 saturated heterocycles. The Hall–Kier alpha value is -1.50. The lowest BCUT2D eigenvalue weighted by molar-refractivity contribution is 0.340. The fourth-order valence-corrected chi connectivity index (χ4v) is 3.69. The molecular weight excluding hydrogens is 330 g/mol. The number of sulfonamides is 1. The summed E-state index contributed by atoms with van der Waals surface area (Å²) in [6.45, 7) is 2.86. The lowest BCUT2D eigenvalue weighted by atomic mass is 10.2. The van der Waals surface area contributed by atoms with Gasteiger partial charge in [0.1, 0.15) is 5.75 Å². The smallest absolute Gasteiger partial charge is 0.243 e. The van der Waals surface area contributed by atoms with Crippen LogP contribution in [0.5, 0.6) is 5.75 Å². The van der Waals surface area contributed by atoms with Gasteiger partial charge < -0.3 is 4.74 Å². The van der Waals surface area contributed by atoms with Gasteiger partial charge in [0.05, 0.1) is 11.5 Å². The Morgan fingerprint density at radius 2 is 1.65 bits per heavy atom. The molecule has 0 heterocycles. The first-order chi connectivity index (χ1) is 11.0. The second kappa shape index (κ2) is 7.86. The minimum atomic E-state index is -3.49. The van der Waals surface area contributed by atoms with E-state index < -0.39 is 10.0 Å². The van der Waals surface area contributed by atoms with Crippen molar-refractivity contribution in [1.29, 1.82) is 0 Å². The van der Waals surface area contributed by atoms with Gasteiger partial charge in [-0.15, -0.1) is 11.8 Å². The average molecular weight is 351 g/mol. The van der Waals surface area contributed by atoms with Gasteiger partial charge in [-0.2, -0.15) is 4.31 Å². The maximum Gasteiger partial charge on any atom is 0.243 e. The molecular formula is C17H21NO3S2. The lowest BCUT2D eigenvalue weighted by Gasteiger charge is -2.17. The highest BCUT2D eigenvalue weighted by molar-refractivity contribution is 7.98. The van der Waals surface area contributed by atoms with Crippen molar-refractivity contribution in [1.82, 2.24) is 4.31 Å². The monoisotopic (exact) mass is 351 g/mol. The minimum absolute atomic E-state index is 0.309. The van der Waals surface area contributed by atoms with Gasteiger partial charge >= 0.3 is 0 Å². The minimum Gasteiger partial charge on any atom is -0.494 e. The summed E-state index contributed by atoms with van der Waals surface area (Å²) in [4.78, 5) is 1.35. The maximum atomic E-state index is 12.6. The summed E-state index contributed by atoms with van der Waals surface area (Å²) < 4.78 is 31.9. The van der Waals surface area contributed by atoms with Crippen LogP contribution in [-0.2, 0) is 16.6 Å². The van der Waals surface area contributed by atoms with Crippen molar-refractivity contribution >= 4 is 21.8 Å². The fourth-order valence-electron chi connectivity index (χ4n) is 2.13. The molecule has 2 rings (SSSR count). The number of ether oxygens (including phenoxy) is 1. The maximum absolute atomic E-state index is 12.6. The molecule has 0 spiro atoms. The van der Waals surface area contributed by atoms with E-state index in [1.54, 1.807) is 30.9 Å². The first kappa shape index (κ1) is 17.8. The largest absolute Gasteiger partial charge is 0.494 e. The molecule has 0 radical (unpaired) electrons. The van der Waals surface area contributed by atoms with Crippen molar-refractivity contribution in [2.45, 2.75) is 23.3 Å². The van der Waals surface area contributed by atoms with Crippen LogP contribution in [0.1, 0.15) is 12.5 Å². The van der Waals surface area contributed by atoms with Gasteiger partial charge in [0, 0.05) is 18.5 Å². The summed E-state index contributed by atoms with van der Waals surface area (Å²) in [6.07, 6.45) is 1.96. The molecule has 0 saturated carbocycles. The van der Waals surface area contributed by atoms with Gasteiger partial charge in [-0.1, -0.05) is 12.1 Å². The topological polar surface area (TPSA) is 46.6 Å². The molecule has 23 heavy (non-hydrogen) atoms. The Morgan fingerprint density at radius 3 is 2.17 bits per heavy atom. The second-order valence-corrected chi connectivity index (χ2v) is 7.94. The molecule has 0 aliphatic heterocycles. The zero-order valence-corrected chi connectivity index (χ0v) is 15.2. The number of nitrogens with zero attached hydrogens (tertiary/aromatic N) is 1. The van der Waals surface area contributed by atoms with Gasteiger partial charge in [-0.3, -0.25) is 0 Å². The van der Waals surface area contributed by atoms with Crippen molar-refractivity contribution < 1.29 is 13.2 Å². The molecule has 0 atom stereocenters. The van der Waals surface area contributed by atoms with Crippen LogP contribution in [0.2, 0.25) is 0 Å². The third-order valence-corrected chi connectivity index (χ3v) is 5.97. The van der Waals surface area contributed by atoms with Crippen LogP contribution in [0.3, 0.4) is 0 Å². The van der Waals surface area contributed by atoms with E-state index in [0.29, 0.717) is 18.0 Å². The summed E-state index contributed by atoms with van der Waals surface area (Å²) in [6, 6.07) is 14.4. The van der Waals surface area contributed by atoms with E-state index in [4.69, 9.17) is 4.74 Å². The highest BCUT2D eigenvalue weighted by atomic mass is 32.2. The molecule has 4 nitrogen and oxygen atoms in total. The van der Waals surface area contributed by atoms with Gasteiger partial charge in [0.25, 0.3) is 0 Å². The third-order valence-electron chi connectivity index (χ3n) is 3.41. The Kier molecular flexibility index (Phi) is 6.10. The second-order valence-electron chi connectivity index (χ2n) is 5.01. The molecule has 0 aliphatic carbocycles. The van der Waals surface area contributed by atoms with E-state index in [1.807, 2.05) is 49.6 Å². The first-order valence-corrected chi connectivity index (χ1v) is 9.96. The van der Waals surface area contributed by atoms with Crippen LogP contribution in [-0.4, -0.2) is 32.6 Å². The van der Waals surface area contributed by atoms with Crippen LogP contribution in [0, 0.1) is 0 Å². The van der Waals surface area contributed by atoms with E-state index in [0.717, 1.165) is 16.2 Å². The standard InChI is InChI=1S/C17H21NO3S2/c1-4-21-15-7-5-14(6-8-15)13-18(2)23(19,20)17-11-9-16(22-3)10-12-17/h5-12H,4,13H2,1-3H3. The number of rotatable bonds is 7. The van der Waals surface area contributed by atoms with Gasteiger partial charge in [0.2, 0.25) is 10.0 Å². The molecule has 0 N–H and O–H groups in total. The summed E-state index contributed by atoms with van der Waals surface area (Å²) in [7, 11) is -1.90. The molecule has 2 aromatic carbocycles. The Morgan fingerprint density at radius 1 is 1.04 bits per heavy atom. The van der Waals surface area contributed by atoms with Crippen molar-refractivity contribution in [3.05, 3.63) is 54.1 Å². The van der Waals surface area contributed by atoms with E-state index in [9.17, 15) is 8.42 Å². The van der Waals surface area contributed by atoms with Crippen molar-refractivity contribution in [3.8, 4) is 5.75 Å². The Labute approximate surface area is 142 Å². The average Bonchev–Trinajstić information content (AvgIpc) is 2.57. The Bertz CT molecular complexity index is 725. The van der Waals surface area contributed by atoms with E-state index in [1.165, 1.54) is 4.31 Å². The molecule has 0 unspecified atom stereocenters. The zero-order valence-electron chi connectivity index (χ0n) is 13.5. The lowest BCUT2D eigenvalue weighted by Crippen LogP contribution is -2.26. The number of benzene rings is 2. The number of hydrogen-bond donors (Lipinski definition) is 0. The predicted octanol–water partition coefficient (Wildman–Crippen LogP) is 3.63. The van der Waals surface area contributed by atoms with Crippen molar-refractivity contribution in [2.75, 3.05) is 19.9 Å². The van der Waals surface area contributed by atoms with Crippen molar-refractivity contribution in [3.63, 3.8) is 0 Å². The van der Waals surface area contributed by atoms with Crippen LogP contribution >= 0.6 is 11.8 Å². The number of thioether (sulfide) groups is 1. The van der Waals surface area contributed by atoms with Crippen LogP contribution < -0.4 is 4.74 Å². The van der Waals surface area contributed by atoms with Crippen LogP contribution in [0.4, 0.5) is 0 Å². The van der Waals surface area contributed by atoms with Gasteiger partial charge in [-0.05, 0) is 55.1 Å². The molecule has 0 aromatic heterocycles. The molecule has 0 fully saturated rings. The quantitative estimate of drug-likeness (QED) is 0.715. The first-order valence-electron chi connectivity index (χ1n) is 7.29. The predicted molar refractivity (Wildman–Crippen MR) is 94.5 cm³/mol.